The third-order valence-corrected chi connectivity index (χ3v) is 4.08. The number of nitrogens with zero attached hydrogens (tertiary/aromatic N) is 2. The summed E-state index contributed by atoms with van der Waals surface area (Å²) in [5, 5.41) is 12.4. The molecule has 1 aliphatic heterocycles. The first-order chi connectivity index (χ1) is 8.81. The van der Waals surface area contributed by atoms with Crippen molar-refractivity contribution in [2.24, 2.45) is 11.1 Å². The highest BCUT2D eigenvalue weighted by Gasteiger charge is 2.24. The van der Waals surface area contributed by atoms with Crippen molar-refractivity contribution in [3.05, 3.63) is 0 Å². The number of piperidine rings is 1. The molecule has 1 aliphatic rings. The minimum absolute atomic E-state index is 0.476. The lowest BCUT2D eigenvalue weighted by Gasteiger charge is -2.32. The highest BCUT2D eigenvalue weighted by Crippen LogP contribution is 2.18. The Bertz CT molecular complexity index is 241. The lowest BCUT2D eigenvalue weighted by Crippen LogP contribution is -2.41. The molecule has 18 heavy (non-hydrogen) atoms. The Morgan fingerprint density at radius 1 is 1.17 bits per heavy atom. The summed E-state index contributed by atoms with van der Waals surface area (Å²) in [5.41, 5.74) is 1.01. The SMILES string of the molecule is CCCCCCCCN1CCC(=NO)C(CC)C1. The Hall–Kier alpha value is -0.570. The van der Waals surface area contributed by atoms with Gasteiger partial charge in [-0.3, -0.25) is 0 Å². The molecule has 1 heterocycles. The predicted molar refractivity (Wildman–Crippen MR) is 77.4 cm³/mol. The van der Waals surface area contributed by atoms with Gasteiger partial charge in [0.05, 0.1) is 5.71 Å². The van der Waals surface area contributed by atoms with Crippen molar-refractivity contribution in [3.63, 3.8) is 0 Å². The number of rotatable bonds is 8. The second-order valence-corrected chi connectivity index (χ2v) is 5.51. The van der Waals surface area contributed by atoms with E-state index in [9.17, 15) is 0 Å². The van der Waals surface area contributed by atoms with E-state index in [2.05, 4.69) is 23.9 Å². The fourth-order valence-electron chi connectivity index (χ4n) is 2.80. The summed E-state index contributed by atoms with van der Waals surface area (Å²) in [6.45, 7) is 7.83. The summed E-state index contributed by atoms with van der Waals surface area (Å²) in [6.07, 6.45) is 10.2. The molecule has 1 fully saturated rings. The summed E-state index contributed by atoms with van der Waals surface area (Å²) in [7, 11) is 0. The Kier molecular flexibility index (Phi) is 8.06. The van der Waals surface area contributed by atoms with Crippen molar-refractivity contribution in [2.45, 2.75) is 65.2 Å². The van der Waals surface area contributed by atoms with Crippen LogP contribution in [0.3, 0.4) is 0 Å². The van der Waals surface area contributed by atoms with Crippen LogP contribution >= 0.6 is 0 Å². The average Bonchev–Trinajstić information content (AvgIpc) is 2.42. The smallest absolute Gasteiger partial charge is 0.0627 e. The summed E-state index contributed by atoms with van der Waals surface area (Å²) in [4.78, 5) is 2.54. The molecule has 1 rings (SSSR count). The minimum atomic E-state index is 0.476. The van der Waals surface area contributed by atoms with Crippen molar-refractivity contribution in [2.75, 3.05) is 19.6 Å². The molecule has 0 bridgehead atoms. The maximum atomic E-state index is 8.94. The van der Waals surface area contributed by atoms with Gasteiger partial charge in [0.1, 0.15) is 0 Å². The van der Waals surface area contributed by atoms with E-state index in [0.717, 1.165) is 31.6 Å². The van der Waals surface area contributed by atoms with Crippen LogP contribution in [0.15, 0.2) is 5.16 Å². The normalized spacial score (nSPS) is 23.7. The van der Waals surface area contributed by atoms with Gasteiger partial charge in [0.2, 0.25) is 0 Å². The van der Waals surface area contributed by atoms with E-state index >= 15 is 0 Å². The largest absolute Gasteiger partial charge is 0.411 e. The quantitative estimate of drug-likeness (QED) is 0.405. The van der Waals surface area contributed by atoms with E-state index in [1.807, 2.05) is 0 Å². The average molecular weight is 254 g/mol. The van der Waals surface area contributed by atoms with E-state index in [1.54, 1.807) is 0 Å². The van der Waals surface area contributed by atoms with Gasteiger partial charge in [-0.05, 0) is 19.4 Å². The Labute approximate surface area is 112 Å². The predicted octanol–water partition coefficient (Wildman–Crippen LogP) is 3.91. The first kappa shape index (κ1) is 15.5. The lowest BCUT2D eigenvalue weighted by atomic mass is 9.93. The molecule has 106 valence electrons. The van der Waals surface area contributed by atoms with E-state index in [1.165, 1.54) is 45.1 Å². The lowest BCUT2D eigenvalue weighted by molar-refractivity contribution is 0.223. The van der Waals surface area contributed by atoms with Gasteiger partial charge in [-0.2, -0.15) is 0 Å². The molecular weight excluding hydrogens is 224 g/mol. The zero-order valence-corrected chi connectivity index (χ0v) is 12.2. The van der Waals surface area contributed by atoms with Crippen LogP contribution in [0.2, 0.25) is 0 Å². The van der Waals surface area contributed by atoms with Crippen LogP contribution in [0.25, 0.3) is 0 Å². The van der Waals surface area contributed by atoms with Crippen LogP contribution in [0.1, 0.15) is 65.2 Å². The second kappa shape index (κ2) is 9.37. The molecule has 1 atom stereocenters. The molecule has 3 nitrogen and oxygen atoms in total. The third-order valence-electron chi connectivity index (χ3n) is 4.08. The van der Waals surface area contributed by atoms with Crippen LogP contribution in [-0.4, -0.2) is 35.5 Å². The van der Waals surface area contributed by atoms with E-state index in [4.69, 9.17) is 5.21 Å². The number of oxime groups is 1. The van der Waals surface area contributed by atoms with Gasteiger partial charge < -0.3 is 10.1 Å². The van der Waals surface area contributed by atoms with Crippen molar-refractivity contribution in [3.8, 4) is 0 Å². The molecule has 1 saturated heterocycles. The van der Waals surface area contributed by atoms with Gasteiger partial charge in [-0.1, -0.05) is 51.1 Å². The molecule has 0 aromatic heterocycles. The second-order valence-electron chi connectivity index (χ2n) is 5.51. The number of hydrogen-bond acceptors (Lipinski definition) is 3. The molecule has 1 N–H and O–H groups in total. The third kappa shape index (κ3) is 5.38. The molecule has 0 aliphatic carbocycles. The molecular formula is C15H30N2O. The number of hydrogen-bond donors (Lipinski definition) is 1. The van der Waals surface area contributed by atoms with Gasteiger partial charge in [-0.15, -0.1) is 0 Å². The molecule has 3 heteroatoms. The van der Waals surface area contributed by atoms with E-state index < -0.39 is 0 Å². The van der Waals surface area contributed by atoms with Crippen molar-refractivity contribution < 1.29 is 5.21 Å². The highest BCUT2D eigenvalue weighted by atomic mass is 16.4. The number of likely N-dealkylation sites (tertiary alicyclic amines) is 1. The van der Waals surface area contributed by atoms with E-state index in [0.29, 0.717) is 5.92 Å². The fourth-order valence-corrected chi connectivity index (χ4v) is 2.80. The van der Waals surface area contributed by atoms with Crippen LogP contribution in [0, 0.1) is 5.92 Å². The van der Waals surface area contributed by atoms with E-state index in [-0.39, 0.29) is 0 Å². The molecule has 1 unspecified atom stereocenters. The molecule has 0 saturated carbocycles. The molecule has 0 spiro atoms. The Balaban J connectivity index is 2.12. The highest BCUT2D eigenvalue weighted by molar-refractivity contribution is 5.87. The standard InChI is InChI=1S/C15H30N2O/c1-3-5-6-7-8-9-11-17-12-10-15(16-18)14(4-2)13-17/h14,18H,3-13H2,1-2H3. The van der Waals surface area contributed by atoms with Gasteiger partial charge >= 0.3 is 0 Å². The fraction of sp³-hybridized carbons (Fsp3) is 0.933. The summed E-state index contributed by atoms with van der Waals surface area (Å²) in [6, 6.07) is 0. The summed E-state index contributed by atoms with van der Waals surface area (Å²) >= 11 is 0. The van der Waals surface area contributed by atoms with Crippen molar-refractivity contribution in [1.29, 1.82) is 0 Å². The monoisotopic (exact) mass is 254 g/mol. The van der Waals surface area contributed by atoms with Crippen LogP contribution in [0.4, 0.5) is 0 Å². The number of unbranched alkanes of at least 4 members (excludes halogenated alkanes) is 5. The molecule has 0 radical (unpaired) electrons. The summed E-state index contributed by atoms with van der Waals surface area (Å²) in [5.74, 6) is 0.476. The Morgan fingerprint density at radius 3 is 2.56 bits per heavy atom. The van der Waals surface area contributed by atoms with Gasteiger partial charge in [-0.25, -0.2) is 0 Å². The minimum Gasteiger partial charge on any atom is -0.411 e. The van der Waals surface area contributed by atoms with Gasteiger partial charge in [0.15, 0.2) is 0 Å². The van der Waals surface area contributed by atoms with Gasteiger partial charge in [0.25, 0.3) is 0 Å². The molecule has 0 aromatic carbocycles. The van der Waals surface area contributed by atoms with Crippen molar-refractivity contribution in [1.82, 2.24) is 4.90 Å². The van der Waals surface area contributed by atoms with Gasteiger partial charge in [0, 0.05) is 25.4 Å². The zero-order valence-electron chi connectivity index (χ0n) is 12.2. The maximum Gasteiger partial charge on any atom is 0.0627 e. The first-order valence-corrected chi connectivity index (χ1v) is 7.75. The maximum absolute atomic E-state index is 8.94. The summed E-state index contributed by atoms with van der Waals surface area (Å²) < 4.78 is 0. The van der Waals surface area contributed by atoms with Crippen LogP contribution in [-0.2, 0) is 0 Å². The zero-order chi connectivity index (χ0) is 13.2. The topological polar surface area (TPSA) is 35.8 Å². The van der Waals surface area contributed by atoms with Crippen molar-refractivity contribution >= 4 is 5.71 Å². The Morgan fingerprint density at radius 2 is 1.89 bits per heavy atom. The molecule has 0 aromatic rings. The molecule has 0 amide bonds. The van der Waals surface area contributed by atoms with Crippen LogP contribution in [0.5, 0.6) is 0 Å². The van der Waals surface area contributed by atoms with Crippen LogP contribution < -0.4 is 0 Å². The first-order valence-electron chi connectivity index (χ1n) is 7.75.